The van der Waals surface area contributed by atoms with E-state index in [4.69, 9.17) is 4.74 Å². The molecular weight excluding hydrogens is 316 g/mol. The Balaban J connectivity index is 1.48. The molecule has 1 saturated heterocycles. The number of rotatable bonds is 4. The van der Waals surface area contributed by atoms with E-state index < -0.39 is 0 Å². The second kappa shape index (κ2) is 6.72. The average molecular weight is 338 g/mol. The fraction of sp³-hybridized carbons (Fsp3) is 0.368. The zero-order chi connectivity index (χ0) is 17.2. The Labute approximate surface area is 146 Å². The molecule has 3 aromatic rings. The van der Waals surface area contributed by atoms with Crippen molar-refractivity contribution in [2.45, 2.75) is 19.0 Å². The predicted molar refractivity (Wildman–Crippen MR) is 95.0 cm³/mol. The van der Waals surface area contributed by atoms with Crippen molar-refractivity contribution >= 4 is 16.9 Å². The van der Waals surface area contributed by atoms with Crippen molar-refractivity contribution in [2.24, 2.45) is 7.05 Å². The average Bonchev–Trinajstić information content (AvgIpc) is 3.26. The van der Waals surface area contributed by atoms with Crippen LogP contribution < -0.4 is 0 Å². The number of fused-ring (bicyclic) bond motifs is 1. The van der Waals surface area contributed by atoms with Gasteiger partial charge in [0.25, 0.3) is 0 Å². The second-order valence-corrected chi connectivity index (χ2v) is 6.40. The fourth-order valence-electron chi connectivity index (χ4n) is 3.52. The molecule has 6 heteroatoms. The van der Waals surface area contributed by atoms with Gasteiger partial charge in [0.15, 0.2) is 0 Å². The summed E-state index contributed by atoms with van der Waals surface area (Å²) in [5.74, 6) is 0.160. The van der Waals surface area contributed by atoms with E-state index in [-0.39, 0.29) is 11.9 Å². The molecule has 1 aliphatic heterocycles. The molecule has 1 amide bonds. The van der Waals surface area contributed by atoms with Crippen LogP contribution in [0.1, 0.15) is 18.2 Å². The molecule has 0 N–H and O–H groups in total. The molecule has 0 spiro atoms. The number of hydrogen-bond acceptors (Lipinski definition) is 3. The molecule has 3 heterocycles. The summed E-state index contributed by atoms with van der Waals surface area (Å²) in [5, 5.41) is 0. The highest BCUT2D eigenvalue weighted by molar-refractivity contribution is 5.78. The van der Waals surface area contributed by atoms with Gasteiger partial charge in [0.1, 0.15) is 0 Å². The highest BCUT2D eigenvalue weighted by Crippen LogP contribution is 2.25. The topological polar surface area (TPSA) is 52.3 Å². The lowest BCUT2D eigenvalue weighted by Gasteiger charge is -2.36. The van der Waals surface area contributed by atoms with Crippen molar-refractivity contribution in [3.05, 3.63) is 54.6 Å². The van der Waals surface area contributed by atoms with E-state index in [0.29, 0.717) is 32.7 Å². The SMILES string of the molecule is Cn1cccc1C1COCCN1C(=O)CCn1cnc2ccccc21. The van der Waals surface area contributed by atoms with Crippen LogP contribution >= 0.6 is 0 Å². The third-order valence-electron chi connectivity index (χ3n) is 4.87. The lowest BCUT2D eigenvalue weighted by Crippen LogP contribution is -2.44. The largest absolute Gasteiger partial charge is 0.377 e. The van der Waals surface area contributed by atoms with Crippen LogP contribution in [-0.4, -0.2) is 44.7 Å². The third-order valence-corrected chi connectivity index (χ3v) is 4.87. The Morgan fingerprint density at radius 3 is 3.00 bits per heavy atom. The van der Waals surface area contributed by atoms with Gasteiger partial charge < -0.3 is 18.8 Å². The molecule has 1 aromatic carbocycles. The van der Waals surface area contributed by atoms with E-state index in [1.165, 1.54) is 0 Å². The zero-order valence-electron chi connectivity index (χ0n) is 14.3. The molecule has 130 valence electrons. The van der Waals surface area contributed by atoms with Crippen molar-refractivity contribution < 1.29 is 9.53 Å². The number of benzene rings is 1. The number of nitrogens with zero attached hydrogens (tertiary/aromatic N) is 4. The smallest absolute Gasteiger partial charge is 0.225 e. The van der Waals surface area contributed by atoms with Crippen molar-refractivity contribution in [1.29, 1.82) is 0 Å². The Morgan fingerprint density at radius 1 is 1.28 bits per heavy atom. The molecular formula is C19H22N4O2. The first-order valence-corrected chi connectivity index (χ1v) is 8.62. The molecule has 0 radical (unpaired) electrons. The van der Waals surface area contributed by atoms with Gasteiger partial charge in [-0.1, -0.05) is 12.1 Å². The summed E-state index contributed by atoms with van der Waals surface area (Å²) in [6, 6.07) is 12.0. The van der Waals surface area contributed by atoms with Crippen molar-refractivity contribution in [2.75, 3.05) is 19.8 Å². The third kappa shape index (κ3) is 3.05. The van der Waals surface area contributed by atoms with E-state index >= 15 is 0 Å². The second-order valence-electron chi connectivity index (χ2n) is 6.40. The first-order chi connectivity index (χ1) is 12.2. The van der Waals surface area contributed by atoms with Gasteiger partial charge in [0.2, 0.25) is 5.91 Å². The molecule has 4 rings (SSSR count). The van der Waals surface area contributed by atoms with Crippen LogP contribution in [0.25, 0.3) is 11.0 Å². The maximum atomic E-state index is 12.9. The maximum absolute atomic E-state index is 12.9. The number of para-hydroxylation sites is 2. The van der Waals surface area contributed by atoms with E-state index in [0.717, 1.165) is 16.7 Å². The van der Waals surface area contributed by atoms with E-state index in [9.17, 15) is 4.79 Å². The number of carbonyl (C=O) groups excluding carboxylic acids is 1. The van der Waals surface area contributed by atoms with E-state index in [2.05, 4.69) is 15.6 Å². The van der Waals surface area contributed by atoms with Crippen LogP contribution in [0.2, 0.25) is 0 Å². The van der Waals surface area contributed by atoms with Gasteiger partial charge in [-0.25, -0.2) is 4.98 Å². The molecule has 6 nitrogen and oxygen atoms in total. The number of imidazole rings is 1. The number of morpholine rings is 1. The van der Waals surface area contributed by atoms with Crippen LogP contribution in [0.5, 0.6) is 0 Å². The standard InChI is InChI=1S/C19H22N4O2/c1-21-9-4-7-17(21)18-13-25-12-11-23(18)19(24)8-10-22-14-20-15-5-2-3-6-16(15)22/h2-7,9,14,18H,8,10-13H2,1H3. The van der Waals surface area contributed by atoms with E-state index in [1.807, 2.05) is 59.4 Å². The minimum Gasteiger partial charge on any atom is -0.377 e. The van der Waals surface area contributed by atoms with E-state index in [1.54, 1.807) is 0 Å². The summed E-state index contributed by atoms with van der Waals surface area (Å²) >= 11 is 0. The normalized spacial score (nSPS) is 18.0. The molecule has 1 atom stereocenters. The first kappa shape index (κ1) is 15.9. The molecule has 0 saturated carbocycles. The Kier molecular flexibility index (Phi) is 4.28. The summed E-state index contributed by atoms with van der Waals surface area (Å²) in [6.45, 7) is 2.42. The number of aromatic nitrogens is 3. The quantitative estimate of drug-likeness (QED) is 0.734. The number of carbonyl (C=O) groups is 1. The van der Waals surface area contributed by atoms with Crippen LogP contribution in [0, 0.1) is 0 Å². The molecule has 1 aliphatic rings. The summed E-state index contributed by atoms with van der Waals surface area (Å²) < 4.78 is 9.73. The summed E-state index contributed by atoms with van der Waals surface area (Å²) in [6.07, 6.45) is 4.28. The number of amides is 1. The van der Waals surface area contributed by atoms with Gasteiger partial charge >= 0.3 is 0 Å². The lowest BCUT2D eigenvalue weighted by molar-refractivity contribution is -0.140. The van der Waals surface area contributed by atoms with Crippen LogP contribution in [-0.2, 0) is 23.1 Å². The van der Waals surface area contributed by atoms with Crippen LogP contribution in [0.3, 0.4) is 0 Å². The minimum atomic E-state index is -0.0132. The zero-order valence-corrected chi connectivity index (χ0v) is 14.3. The summed E-state index contributed by atoms with van der Waals surface area (Å²) in [7, 11) is 2.00. The Bertz CT molecular complexity index is 882. The Morgan fingerprint density at radius 2 is 2.16 bits per heavy atom. The number of ether oxygens (including phenoxy) is 1. The Hall–Kier alpha value is -2.60. The fourth-order valence-corrected chi connectivity index (χ4v) is 3.52. The number of hydrogen-bond donors (Lipinski definition) is 0. The summed E-state index contributed by atoms with van der Waals surface area (Å²) in [4.78, 5) is 19.2. The van der Waals surface area contributed by atoms with Gasteiger partial charge in [0.05, 0.1) is 36.6 Å². The molecule has 25 heavy (non-hydrogen) atoms. The van der Waals surface area contributed by atoms with Crippen LogP contribution in [0.15, 0.2) is 48.9 Å². The summed E-state index contributed by atoms with van der Waals surface area (Å²) in [5.41, 5.74) is 3.14. The lowest BCUT2D eigenvalue weighted by atomic mass is 10.1. The number of aryl methyl sites for hydroxylation is 2. The molecule has 1 fully saturated rings. The first-order valence-electron chi connectivity index (χ1n) is 8.62. The van der Waals surface area contributed by atoms with Crippen molar-refractivity contribution in [3.63, 3.8) is 0 Å². The van der Waals surface area contributed by atoms with Crippen molar-refractivity contribution in [3.8, 4) is 0 Å². The molecule has 1 unspecified atom stereocenters. The van der Waals surface area contributed by atoms with Gasteiger partial charge in [-0.15, -0.1) is 0 Å². The highest BCUT2D eigenvalue weighted by Gasteiger charge is 2.29. The molecule has 0 bridgehead atoms. The van der Waals surface area contributed by atoms with Gasteiger partial charge in [-0.2, -0.15) is 0 Å². The molecule has 2 aromatic heterocycles. The van der Waals surface area contributed by atoms with Gasteiger partial charge in [0, 0.05) is 38.4 Å². The highest BCUT2D eigenvalue weighted by atomic mass is 16.5. The minimum absolute atomic E-state index is 0.0132. The predicted octanol–water partition coefficient (Wildman–Crippen LogP) is 2.37. The maximum Gasteiger partial charge on any atom is 0.225 e. The van der Waals surface area contributed by atoms with Gasteiger partial charge in [-0.05, 0) is 24.3 Å². The monoisotopic (exact) mass is 338 g/mol. The van der Waals surface area contributed by atoms with Crippen LogP contribution in [0.4, 0.5) is 0 Å². The molecule has 0 aliphatic carbocycles. The van der Waals surface area contributed by atoms with Crippen molar-refractivity contribution in [1.82, 2.24) is 19.0 Å². The van der Waals surface area contributed by atoms with Gasteiger partial charge in [-0.3, -0.25) is 4.79 Å².